The minimum absolute atomic E-state index is 0.0661. The molecule has 1 fully saturated rings. The molecule has 1 aliphatic heterocycles. The van der Waals surface area contributed by atoms with Gasteiger partial charge in [0.25, 0.3) is 0 Å². The molecule has 1 N–H and O–H groups in total. The van der Waals surface area contributed by atoms with Crippen molar-refractivity contribution in [3.8, 4) is 0 Å². The summed E-state index contributed by atoms with van der Waals surface area (Å²) in [7, 11) is 1.34. The van der Waals surface area contributed by atoms with Crippen molar-refractivity contribution in [2.45, 2.75) is 12.3 Å². The van der Waals surface area contributed by atoms with Gasteiger partial charge >= 0.3 is 12.1 Å². The Hall–Kier alpha value is -2.04. The summed E-state index contributed by atoms with van der Waals surface area (Å²) in [5.74, 6) is -0.309. The van der Waals surface area contributed by atoms with E-state index in [2.05, 4.69) is 0 Å². The maximum absolute atomic E-state index is 11.7. The number of rotatable bonds is 2. The molecule has 1 amide bonds. The number of carbonyl (C=O) groups excluding carboxylic acids is 1. The van der Waals surface area contributed by atoms with E-state index >= 15 is 0 Å². The second-order valence-corrected chi connectivity index (χ2v) is 4.29. The monoisotopic (exact) mass is 249 g/mol. The topological polar surface area (TPSA) is 66.8 Å². The van der Waals surface area contributed by atoms with Crippen LogP contribution in [0.15, 0.2) is 24.3 Å². The Morgan fingerprint density at radius 1 is 1.39 bits per heavy atom. The van der Waals surface area contributed by atoms with E-state index in [0.29, 0.717) is 18.7 Å². The lowest BCUT2D eigenvalue weighted by Crippen LogP contribution is -2.26. The summed E-state index contributed by atoms with van der Waals surface area (Å²) in [6, 6.07) is 7.21. The minimum atomic E-state index is -0.909. The van der Waals surface area contributed by atoms with Crippen LogP contribution < -0.4 is 0 Å². The first-order valence-corrected chi connectivity index (χ1v) is 5.78. The van der Waals surface area contributed by atoms with E-state index in [1.165, 1.54) is 12.0 Å². The molecule has 2 rings (SSSR count). The molecule has 1 heterocycles. The normalized spacial score (nSPS) is 18.7. The summed E-state index contributed by atoms with van der Waals surface area (Å²) in [5, 5.41) is 8.94. The summed E-state index contributed by atoms with van der Waals surface area (Å²) < 4.78 is 4.74. The fraction of sp³-hybridized carbons (Fsp3) is 0.385. The van der Waals surface area contributed by atoms with Crippen molar-refractivity contribution in [2.24, 2.45) is 0 Å². The molecule has 0 aliphatic carbocycles. The van der Waals surface area contributed by atoms with Gasteiger partial charge in [-0.2, -0.15) is 0 Å². The summed E-state index contributed by atoms with van der Waals surface area (Å²) in [5.41, 5.74) is 1.39. The van der Waals surface area contributed by atoms with Gasteiger partial charge in [0.15, 0.2) is 0 Å². The third-order valence-corrected chi connectivity index (χ3v) is 3.26. The Labute approximate surface area is 105 Å². The molecule has 1 aromatic rings. The van der Waals surface area contributed by atoms with Crippen molar-refractivity contribution in [3.05, 3.63) is 35.4 Å². The lowest BCUT2D eigenvalue weighted by atomic mass is 9.93. The van der Waals surface area contributed by atoms with Crippen LogP contribution in [-0.4, -0.2) is 42.3 Å². The highest BCUT2D eigenvalue weighted by molar-refractivity contribution is 5.91. The molecule has 0 bridgehead atoms. The van der Waals surface area contributed by atoms with Gasteiger partial charge < -0.3 is 14.7 Å². The highest BCUT2D eigenvalue weighted by atomic mass is 16.5. The quantitative estimate of drug-likeness (QED) is 0.813. The van der Waals surface area contributed by atoms with Crippen molar-refractivity contribution in [1.82, 2.24) is 4.90 Å². The second kappa shape index (κ2) is 5.08. The van der Waals surface area contributed by atoms with Crippen molar-refractivity contribution < 1.29 is 19.4 Å². The largest absolute Gasteiger partial charge is 0.465 e. The molecule has 0 aromatic heterocycles. The van der Waals surface area contributed by atoms with E-state index in [0.717, 1.165) is 12.0 Å². The van der Waals surface area contributed by atoms with Crippen LogP contribution in [0.1, 0.15) is 28.3 Å². The van der Waals surface area contributed by atoms with Crippen LogP contribution in [0, 0.1) is 0 Å². The number of hydrogen-bond donors (Lipinski definition) is 1. The molecule has 1 aromatic carbocycles. The van der Waals surface area contributed by atoms with E-state index < -0.39 is 6.09 Å². The molecule has 0 spiro atoms. The Bertz CT molecular complexity index is 472. The number of ether oxygens (including phenoxy) is 1. The number of methoxy groups -OCH3 is 1. The highest BCUT2D eigenvalue weighted by Crippen LogP contribution is 2.29. The van der Waals surface area contributed by atoms with E-state index in [4.69, 9.17) is 9.84 Å². The molecular formula is C13H15NO4. The summed E-state index contributed by atoms with van der Waals surface area (Å²) in [4.78, 5) is 23.9. The molecule has 96 valence electrons. The van der Waals surface area contributed by atoms with Crippen LogP contribution >= 0.6 is 0 Å². The molecule has 0 radical (unpaired) electrons. The van der Waals surface area contributed by atoms with Gasteiger partial charge in [0.05, 0.1) is 12.7 Å². The molecule has 1 saturated heterocycles. The zero-order chi connectivity index (χ0) is 13.1. The number of benzene rings is 1. The predicted octanol–water partition coefficient (Wildman–Crippen LogP) is 1.94. The van der Waals surface area contributed by atoms with Gasteiger partial charge in [-0.3, -0.25) is 0 Å². The van der Waals surface area contributed by atoms with Crippen LogP contribution in [0.2, 0.25) is 0 Å². The SMILES string of the molecule is COC(=O)c1ccccc1C1CCN(C(=O)O)C1. The average Bonchev–Trinajstić information content (AvgIpc) is 2.87. The lowest BCUT2D eigenvalue weighted by Gasteiger charge is -2.15. The Balaban J connectivity index is 2.24. The van der Waals surface area contributed by atoms with E-state index in [1.807, 2.05) is 12.1 Å². The van der Waals surface area contributed by atoms with Crippen molar-refractivity contribution in [1.29, 1.82) is 0 Å². The van der Waals surface area contributed by atoms with E-state index in [1.54, 1.807) is 12.1 Å². The average molecular weight is 249 g/mol. The fourth-order valence-corrected chi connectivity index (χ4v) is 2.34. The third kappa shape index (κ3) is 2.30. The maximum atomic E-state index is 11.7. The zero-order valence-electron chi connectivity index (χ0n) is 10.1. The predicted molar refractivity (Wildman–Crippen MR) is 64.7 cm³/mol. The van der Waals surface area contributed by atoms with Gasteiger partial charge in [-0.15, -0.1) is 0 Å². The van der Waals surface area contributed by atoms with Crippen LogP contribution in [0.5, 0.6) is 0 Å². The molecule has 18 heavy (non-hydrogen) atoms. The number of likely N-dealkylation sites (tertiary alicyclic amines) is 1. The number of hydrogen-bond acceptors (Lipinski definition) is 3. The summed E-state index contributed by atoms with van der Waals surface area (Å²) in [6.07, 6.45) is -0.173. The third-order valence-electron chi connectivity index (χ3n) is 3.26. The lowest BCUT2D eigenvalue weighted by molar-refractivity contribution is 0.0599. The van der Waals surface area contributed by atoms with E-state index in [9.17, 15) is 9.59 Å². The molecule has 0 saturated carbocycles. The minimum Gasteiger partial charge on any atom is -0.465 e. The van der Waals surface area contributed by atoms with Crippen LogP contribution in [0.4, 0.5) is 4.79 Å². The summed E-state index contributed by atoms with van der Waals surface area (Å²) in [6.45, 7) is 0.943. The molecule has 1 unspecified atom stereocenters. The number of carboxylic acid groups (broad SMARTS) is 1. The number of esters is 1. The Morgan fingerprint density at radius 3 is 2.72 bits per heavy atom. The number of nitrogens with zero attached hydrogens (tertiary/aromatic N) is 1. The van der Waals surface area contributed by atoms with Crippen LogP contribution in [0.3, 0.4) is 0 Å². The molecule has 1 aliphatic rings. The molecule has 5 nitrogen and oxygen atoms in total. The highest BCUT2D eigenvalue weighted by Gasteiger charge is 2.29. The van der Waals surface area contributed by atoms with Crippen LogP contribution in [0.25, 0.3) is 0 Å². The smallest absolute Gasteiger partial charge is 0.407 e. The van der Waals surface area contributed by atoms with Crippen molar-refractivity contribution in [3.63, 3.8) is 0 Å². The second-order valence-electron chi connectivity index (χ2n) is 4.29. The maximum Gasteiger partial charge on any atom is 0.407 e. The van der Waals surface area contributed by atoms with Gasteiger partial charge in [-0.05, 0) is 18.1 Å². The first kappa shape index (κ1) is 12.4. The van der Waals surface area contributed by atoms with Gasteiger partial charge in [-0.25, -0.2) is 9.59 Å². The Kier molecular flexibility index (Phi) is 3.50. The van der Waals surface area contributed by atoms with Crippen molar-refractivity contribution in [2.75, 3.05) is 20.2 Å². The first-order chi connectivity index (χ1) is 8.63. The van der Waals surface area contributed by atoms with Gasteiger partial charge in [0.2, 0.25) is 0 Å². The summed E-state index contributed by atoms with van der Waals surface area (Å²) >= 11 is 0. The van der Waals surface area contributed by atoms with E-state index in [-0.39, 0.29) is 11.9 Å². The van der Waals surface area contributed by atoms with Crippen molar-refractivity contribution >= 4 is 12.1 Å². The first-order valence-electron chi connectivity index (χ1n) is 5.78. The zero-order valence-corrected chi connectivity index (χ0v) is 10.1. The molecular weight excluding hydrogens is 234 g/mol. The van der Waals surface area contributed by atoms with Gasteiger partial charge in [-0.1, -0.05) is 18.2 Å². The number of amides is 1. The standard InChI is InChI=1S/C13H15NO4/c1-18-12(15)11-5-3-2-4-10(11)9-6-7-14(8-9)13(16)17/h2-5,9H,6-8H2,1H3,(H,16,17). The van der Waals surface area contributed by atoms with Crippen LogP contribution in [-0.2, 0) is 4.74 Å². The fourth-order valence-electron chi connectivity index (χ4n) is 2.34. The van der Waals surface area contributed by atoms with Gasteiger partial charge in [0.1, 0.15) is 0 Å². The number of carbonyl (C=O) groups is 2. The molecule has 5 heteroatoms. The Morgan fingerprint density at radius 2 is 2.11 bits per heavy atom. The molecule has 1 atom stereocenters. The van der Waals surface area contributed by atoms with Gasteiger partial charge in [0, 0.05) is 19.0 Å².